The molecule has 0 fully saturated rings. The van der Waals surface area contributed by atoms with Gasteiger partial charge in [-0.2, -0.15) is 0 Å². The number of anilines is 3. The molecule has 3 rings (SSSR count). The van der Waals surface area contributed by atoms with E-state index < -0.39 is 5.92 Å². The number of carbonyl (C=O) groups excluding carboxylic acids is 2. The molecule has 0 radical (unpaired) electrons. The van der Waals surface area contributed by atoms with Gasteiger partial charge in [-0.25, -0.2) is 8.78 Å². The summed E-state index contributed by atoms with van der Waals surface area (Å²) in [5.74, 6) is -3.44. The van der Waals surface area contributed by atoms with Gasteiger partial charge in [-0.3, -0.25) is 14.5 Å². The minimum Gasteiger partial charge on any atom is -0.311 e. The van der Waals surface area contributed by atoms with Crippen LogP contribution in [0.2, 0.25) is 0 Å². The normalized spacial score (nSPS) is 11.2. The molecular weight excluding hydrogens is 422 g/mol. The fourth-order valence-corrected chi connectivity index (χ4v) is 3.80. The van der Waals surface area contributed by atoms with Crippen LogP contribution < -0.4 is 9.80 Å². The van der Waals surface area contributed by atoms with E-state index in [9.17, 15) is 18.4 Å². The third-order valence-electron chi connectivity index (χ3n) is 5.56. The van der Waals surface area contributed by atoms with E-state index in [1.165, 1.54) is 43.0 Å². The van der Waals surface area contributed by atoms with Gasteiger partial charge in [0.15, 0.2) is 0 Å². The Kier molecular flexibility index (Phi) is 6.96. The van der Waals surface area contributed by atoms with E-state index in [0.717, 1.165) is 16.8 Å². The van der Waals surface area contributed by atoms with Gasteiger partial charge in [0, 0.05) is 48.6 Å². The average molecular weight is 451 g/mol. The minimum atomic E-state index is -2.93. The van der Waals surface area contributed by atoms with Crippen molar-refractivity contribution < 1.29 is 18.4 Å². The lowest BCUT2D eigenvalue weighted by atomic mass is 10.1. The highest BCUT2D eigenvalue weighted by molar-refractivity contribution is 6.07. The molecule has 0 spiro atoms. The maximum Gasteiger partial charge on any atom is 0.273 e. The second-order valence-corrected chi connectivity index (χ2v) is 8.22. The fraction of sp³-hybridized carbons (Fsp3) is 0.259. The molecule has 0 bridgehead atoms. The summed E-state index contributed by atoms with van der Waals surface area (Å²) in [4.78, 5) is 28.6. The molecule has 3 aromatic carbocycles. The summed E-state index contributed by atoms with van der Waals surface area (Å²) in [5, 5.41) is 0. The molecule has 0 aliphatic rings. The van der Waals surface area contributed by atoms with Crippen molar-refractivity contribution >= 4 is 28.9 Å². The first-order chi connectivity index (χ1) is 15.5. The van der Waals surface area contributed by atoms with E-state index in [4.69, 9.17) is 0 Å². The number of benzene rings is 3. The topological polar surface area (TPSA) is 40.6 Å². The highest BCUT2D eigenvalue weighted by Crippen LogP contribution is 2.34. The SMILES string of the molecule is CCC(F)(F)c1ccc(N(C(C)=O)c2cccc(C(=O)N(C)c3cc(C)cc(C)c3)c2)cc1. The summed E-state index contributed by atoms with van der Waals surface area (Å²) in [6.07, 6.45) is -0.305. The molecule has 0 saturated carbocycles. The maximum atomic E-state index is 14.0. The lowest BCUT2D eigenvalue weighted by Gasteiger charge is -2.24. The number of rotatable bonds is 6. The lowest BCUT2D eigenvalue weighted by Crippen LogP contribution is -2.27. The minimum absolute atomic E-state index is 0.101. The van der Waals surface area contributed by atoms with Crippen LogP contribution in [0.5, 0.6) is 0 Å². The van der Waals surface area contributed by atoms with Gasteiger partial charge in [0.05, 0.1) is 0 Å². The van der Waals surface area contributed by atoms with E-state index in [1.807, 2.05) is 32.0 Å². The zero-order valence-electron chi connectivity index (χ0n) is 19.5. The van der Waals surface area contributed by atoms with Crippen LogP contribution >= 0.6 is 0 Å². The summed E-state index contributed by atoms with van der Waals surface area (Å²) in [7, 11) is 1.71. The Labute approximate surface area is 193 Å². The van der Waals surface area contributed by atoms with Crippen molar-refractivity contribution in [2.45, 2.75) is 40.0 Å². The lowest BCUT2D eigenvalue weighted by molar-refractivity contribution is -0.115. The number of aryl methyl sites for hydroxylation is 2. The van der Waals surface area contributed by atoms with E-state index in [0.29, 0.717) is 16.9 Å². The fourth-order valence-electron chi connectivity index (χ4n) is 3.80. The third-order valence-corrected chi connectivity index (χ3v) is 5.56. The molecule has 33 heavy (non-hydrogen) atoms. The van der Waals surface area contributed by atoms with Crippen molar-refractivity contribution in [2.75, 3.05) is 16.8 Å². The smallest absolute Gasteiger partial charge is 0.273 e. The van der Waals surface area contributed by atoms with Gasteiger partial charge in [0.25, 0.3) is 11.8 Å². The molecule has 172 valence electrons. The van der Waals surface area contributed by atoms with Crippen molar-refractivity contribution in [3.8, 4) is 0 Å². The number of amides is 2. The van der Waals surface area contributed by atoms with Crippen molar-refractivity contribution in [2.24, 2.45) is 0 Å². The van der Waals surface area contributed by atoms with Crippen molar-refractivity contribution in [1.82, 2.24) is 0 Å². The van der Waals surface area contributed by atoms with Crippen LogP contribution in [-0.2, 0) is 10.7 Å². The quantitative estimate of drug-likeness (QED) is 0.416. The first kappa shape index (κ1) is 24.1. The predicted octanol–water partition coefficient (Wildman–Crippen LogP) is 6.77. The zero-order chi connectivity index (χ0) is 24.3. The second-order valence-electron chi connectivity index (χ2n) is 8.22. The van der Waals surface area contributed by atoms with Crippen LogP contribution in [0, 0.1) is 13.8 Å². The van der Waals surface area contributed by atoms with Crippen LogP contribution in [-0.4, -0.2) is 18.9 Å². The van der Waals surface area contributed by atoms with Gasteiger partial charge in [-0.1, -0.05) is 31.2 Å². The predicted molar refractivity (Wildman–Crippen MR) is 129 cm³/mol. The molecule has 0 unspecified atom stereocenters. The summed E-state index contributed by atoms with van der Waals surface area (Å²) in [5.41, 5.74) is 4.13. The van der Waals surface area contributed by atoms with E-state index in [2.05, 4.69) is 0 Å². The molecule has 0 heterocycles. The van der Waals surface area contributed by atoms with Crippen LogP contribution in [0.1, 0.15) is 47.3 Å². The first-order valence-corrected chi connectivity index (χ1v) is 10.8. The third kappa shape index (κ3) is 5.28. The van der Waals surface area contributed by atoms with E-state index in [-0.39, 0.29) is 23.8 Å². The van der Waals surface area contributed by atoms with Gasteiger partial charge in [-0.05, 0) is 67.4 Å². The number of carbonyl (C=O) groups is 2. The Balaban J connectivity index is 1.94. The van der Waals surface area contributed by atoms with Crippen LogP contribution in [0.25, 0.3) is 0 Å². The average Bonchev–Trinajstić information content (AvgIpc) is 2.78. The van der Waals surface area contributed by atoms with Gasteiger partial charge < -0.3 is 4.90 Å². The monoisotopic (exact) mass is 450 g/mol. The molecule has 0 atom stereocenters. The van der Waals surface area contributed by atoms with Crippen molar-refractivity contribution in [3.05, 3.63) is 89.0 Å². The maximum absolute atomic E-state index is 14.0. The number of halogens is 2. The van der Waals surface area contributed by atoms with Gasteiger partial charge in [0.1, 0.15) is 0 Å². The largest absolute Gasteiger partial charge is 0.311 e. The van der Waals surface area contributed by atoms with Crippen LogP contribution in [0.3, 0.4) is 0 Å². The highest BCUT2D eigenvalue weighted by Gasteiger charge is 2.29. The highest BCUT2D eigenvalue weighted by atomic mass is 19.3. The summed E-state index contributed by atoms with van der Waals surface area (Å²) >= 11 is 0. The molecule has 3 aromatic rings. The Bertz CT molecular complexity index is 1150. The molecule has 4 nitrogen and oxygen atoms in total. The molecular formula is C27H28F2N2O2. The molecule has 0 aliphatic heterocycles. The first-order valence-electron chi connectivity index (χ1n) is 10.8. The molecule has 0 saturated heterocycles. The molecule has 0 aliphatic carbocycles. The summed E-state index contributed by atoms with van der Waals surface area (Å²) in [6.45, 7) is 6.77. The standard InChI is InChI=1S/C27H28F2N2O2/c1-6-27(28,29)22-10-12-23(13-11-22)31(20(4)32)24-9-7-8-21(17-24)26(33)30(5)25-15-18(2)14-19(3)16-25/h7-17H,6H2,1-5H3. The molecule has 2 amide bonds. The van der Waals surface area contributed by atoms with Gasteiger partial charge in [0.2, 0.25) is 5.91 Å². The number of alkyl halides is 2. The Morgan fingerprint density at radius 2 is 1.45 bits per heavy atom. The number of hydrogen-bond acceptors (Lipinski definition) is 2. The number of nitrogens with zero attached hydrogens (tertiary/aromatic N) is 2. The van der Waals surface area contributed by atoms with E-state index >= 15 is 0 Å². The molecule has 0 N–H and O–H groups in total. The van der Waals surface area contributed by atoms with E-state index in [1.54, 1.807) is 36.2 Å². The second kappa shape index (κ2) is 9.53. The number of hydrogen-bond donors (Lipinski definition) is 0. The van der Waals surface area contributed by atoms with Gasteiger partial charge >= 0.3 is 0 Å². The van der Waals surface area contributed by atoms with Crippen molar-refractivity contribution in [3.63, 3.8) is 0 Å². The Morgan fingerprint density at radius 1 is 0.848 bits per heavy atom. The Hall–Kier alpha value is -3.54. The van der Waals surface area contributed by atoms with Crippen LogP contribution in [0.15, 0.2) is 66.7 Å². The Morgan fingerprint density at radius 3 is 2.00 bits per heavy atom. The summed E-state index contributed by atoms with van der Waals surface area (Å²) in [6, 6.07) is 18.3. The zero-order valence-corrected chi connectivity index (χ0v) is 19.5. The van der Waals surface area contributed by atoms with Crippen LogP contribution in [0.4, 0.5) is 25.8 Å². The van der Waals surface area contributed by atoms with Gasteiger partial charge in [-0.15, -0.1) is 0 Å². The molecule has 0 aromatic heterocycles. The van der Waals surface area contributed by atoms with Crippen molar-refractivity contribution in [1.29, 1.82) is 0 Å². The summed E-state index contributed by atoms with van der Waals surface area (Å²) < 4.78 is 28.0. The molecule has 6 heteroatoms.